The van der Waals surface area contributed by atoms with Crippen molar-refractivity contribution in [2.75, 3.05) is 6.61 Å². The number of rotatable bonds is 4. The van der Waals surface area contributed by atoms with Gasteiger partial charge >= 0.3 is 12.6 Å². The van der Waals surface area contributed by atoms with Crippen LogP contribution < -0.4 is 4.74 Å². The van der Waals surface area contributed by atoms with Gasteiger partial charge in [-0.25, -0.2) is 4.79 Å². The predicted molar refractivity (Wildman–Crippen MR) is 58.5 cm³/mol. The summed E-state index contributed by atoms with van der Waals surface area (Å²) in [7, 11) is 0. The molecule has 0 unspecified atom stereocenters. The number of carbonyl (C=O) groups excluding carboxylic acids is 1. The highest BCUT2D eigenvalue weighted by Crippen LogP contribution is 2.26. The van der Waals surface area contributed by atoms with E-state index in [2.05, 4.69) is 4.74 Å². The van der Waals surface area contributed by atoms with E-state index in [1.807, 2.05) is 0 Å². The van der Waals surface area contributed by atoms with Crippen LogP contribution >= 0.6 is 0 Å². The predicted octanol–water partition coefficient (Wildman–Crippen LogP) is 2.64. The van der Waals surface area contributed by atoms with Crippen LogP contribution in [-0.2, 0) is 4.74 Å². The molecule has 0 atom stereocenters. The fourth-order valence-electron chi connectivity index (χ4n) is 1.47. The zero-order chi connectivity index (χ0) is 13.7. The monoisotopic (exact) mass is 255 g/mol. The summed E-state index contributed by atoms with van der Waals surface area (Å²) in [6.07, 6.45) is 0. The van der Waals surface area contributed by atoms with Crippen LogP contribution in [0.4, 0.5) is 8.78 Å². The first-order chi connectivity index (χ1) is 8.49. The van der Waals surface area contributed by atoms with Crippen molar-refractivity contribution in [3.05, 3.63) is 28.8 Å². The molecule has 0 spiro atoms. The Morgan fingerprint density at radius 2 is 2.17 bits per heavy atom. The van der Waals surface area contributed by atoms with E-state index in [0.29, 0.717) is 5.56 Å². The van der Waals surface area contributed by atoms with E-state index >= 15 is 0 Å². The molecule has 1 aromatic rings. The zero-order valence-electron chi connectivity index (χ0n) is 9.87. The van der Waals surface area contributed by atoms with Crippen LogP contribution in [-0.4, -0.2) is 19.2 Å². The van der Waals surface area contributed by atoms with Crippen LogP contribution in [0.2, 0.25) is 0 Å². The minimum absolute atomic E-state index is 0.0869. The van der Waals surface area contributed by atoms with E-state index in [1.165, 1.54) is 13.0 Å². The number of nitrogens with zero attached hydrogens (tertiary/aromatic N) is 1. The molecule has 0 aliphatic rings. The summed E-state index contributed by atoms with van der Waals surface area (Å²) in [5.74, 6) is -1.10. The number of carbonyl (C=O) groups is 1. The van der Waals surface area contributed by atoms with Crippen LogP contribution in [0.25, 0.3) is 0 Å². The molecule has 0 amide bonds. The van der Waals surface area contributed by atoms with Crippen molar-refractivity contribution in [2.24, 2.45) is 0 Å². The normalized spacial score (nSPS) is 10.0. The van der Waals surface area contributed by atoms with Gasteiger partial charge in [0.05, 0.1) is 18.2 Å². The Morgan fingerprint density at radius 3 is 2.67 bits per heavy atom. The molecule has 0 saturated carbocycles. The second-order valence-corrected chi connectivity index (χ2v) is 3.38. The number of esters is 1. The molecule has 4 nitrogen and oxygen atoms in total. The Kier molecular flexibility index (Phi) is 4.60. The molecule has 0 fully saturated rings. The smallest absolute Gasteiger partial charge is 0.387 e. The van der Waals surface area contributed by atoms with E-state index in [4.69, 9.17) is 10.00 Å². The van der Waals surface area contributed by atoms with Gasteiger partial charge in [0.15, 0.2) is 0 Å². The maximum Gasteiger partial charge on any atom is 0.387 e. The second-order valence-electron chi connectivity index (χ2n) is 3.38. The van der Waals surface area contributed by atoms with E-state index in [1.54, 1.807) is 13.0 Å². The van der Waals surface area contributed by atoms with Crippen LogP contribution in [0.1, 0.15) is 28.4 Å². The standard InChI is InChI=1S/C12H11F2NO3/c1-3-17-11(16)10-7(2)4-8(6-15)5-9(10)18-12(13)14/h4-5,12H,3H2,1-2H3. The van der Waals surface area contributed by atoms with Crippen LogP contribution in [0.5, 0.6) is 5.75 Å². The van der Waals surface area contributed by atoms with Crippen molar-refractivity contribution in [2.45, 2.75) is 20.5 Å². The number of aryl methyl sites for hydroxylation is 1. The molecule has 0 aliphatic carbocycles. The first kappa shape index (κ1) is 13.9. The Bertz CT molecular complexity index is 495. The largest absolute Gasteiger partial charge is 0.462 e. The van der Waals surface area contributed by atoms with E-state index in [9.17, 15) is 13.6 Å². The van der Waals surface area contributed by atoms with Gasteiger partial charge < -0.3 is 9.47 Å². The summed E-state index contributed by atoms with van der Waals surface area (Å²) >= 11 is 0. The summed E-state index contributed by atoms with van der Waals surface area (Å²) in [6.45, 7) is 0.161. The third-order valence-corrected chi connectivity index (χ3v) is 2.12. The van der Waals surface area contributed by atoms with Gasteiger partial charge in [-0.1, -0.05) is 0 Å². The van der Waals surface area contributed by atoms with Crippen molar-refractivity contribution in [3.63, 3.8) is 0 Å². The topological polar surface area (TPSA) is 59.3 Å². The summed E-state index contributed by atoms with van der Waals surface area (Å²) in [5.41, 5.74) is 0.399. The minimum atomic E-state index is -3.08. The number of halogens is 2. The highest BCUT2D eigenvalue weighted by molar-refractivity contribution is 5.94. The van der Waals surface area contributed by atoms with Gasteiger partial charge in [0.25, 0.3) is 0 Å². The van der Waals surface area contributed by atoms with Gasteiger partial charge in [-0.05, 0) is 31.5 Å². The molecule has 0 bridgehead atoms. The highest BCUT2D eigenvalue weighted by Gasteiger charge is 2.20. The second kappa shape index (κ2) is 5.96. The van der Waals surface area contributed by atoms with E-state index in [0.717, 1.165) is 6.07 Å². The van der Waals surface area contributed by atoms with Crippen molar-refractivity contribution < 1.29 is 23.0 Å². The molecule has 0 aliphatic heterocycles. The Labute approximate surface area is 103 Å². The molecule has 0 saturated heterocycles. The third-order valence-electron chi connectivity index (χ3n) is 2.12. The average molecular weight is 255 g/mol. The Morgan fingerprint density at radius 1 is 1.50 bits per heavy atom. The van der Waals surface area contributed by atoms with Gasteiger partial charge in [-0.15, -0.1) is 0 Å². The maximum absolute atomic E-state index is 12.3. The molecule has 0 heterocycles. The fourth-order valence-corrected chi connectivity index (χ4v) is 1.47. The van der Waals surface area contributed by atoms with Crippen molar-refractivity contribution in [1.82, 2.24) is 0 Å². The first-order valence-corrected chi connectivity index (χ1v) is 5.16. The molecular formula is C12H11F2NO3. The maximum atomic E-state index is 12.3. The lowest BCUT2D eigenvalue weighted by Crippen LogP contribution is -2.12. The summed E-state index contributed by atoms with van der Waals surface area (Å²) in [4.78, 5) is 11.6. The van der Waals surface area contributed by atoms with Crippen molar-refractivity contribution >= 4 is 5.97 Å². The van der Waals surface area contributed by atoms with E-state index in [-0.39, 0.29) is 23.5 Å². The average Bonchev–Trinajstić information content (AvgIpc) is 2.27. The number of alkyl halides is 2. The van der Waals surface area contributed by atoms with Gasteiger partial charge in [0.1, 0.15) is 11.3 Å². The lowest BCUT2D eigenvalue weighted by Gasteiger charge is -2.12. The number of hydrogen-bond donors (Lipinski definition) is 0. The summed E-state index contributed by atoms with van der Waals surface area (Å²) in [5, 5.41) is 8.74. The molecule has 96 valence electrons. The number of hydrogen-bond acceptors (Lipinski definition) is 4. The quantitative estimate of drug-likeness (QED) is 0.776. The number of ether oxygens (including phenoxy) is 2. The third kappa shape index (κ3) is 3.17. The van der Waals surface area contributed by atoms with Gasteiger partial charge in [-0.2, -0.15) is 14.0 Å². The van der Waals surface area contributed by atoms with Gasteiger partial charge in [0.2, 0.25) is 0 Å². The van der Waals surface area contributed by atoms with Crippen molar-refractivity contribution in [1.29, 1.82) is 5.26 Å². The van der Waals surface area contributed by atoms with Crippen LogP contribution in [0, 0.1) is 18.3 Å². The molecular weight excluding hydrogens is 244 g/mol. The SMILES string of the molecule is CCOC(=O)c1c(C)cc(C#N)cc1OC(F)F. The molecule has 18 heavy (non-hydrogen) atoms. The first-order valence-electron chi connectivity index (χ1n) is 5.16. The molecule has 1 rings (SSSR count). The molecule has 0 radical (unpaired) electrons. The van der Waals surface area contributed by atoms with Gasteiger partial charge in [0, 0.05) is 0 Å². The zero-order valence-corrected chi connectivity index (χ0v) is 9.87. The van der Waals surface area contributed by atoms with Crippen LogP contribution in [0.3, 0.4) is 0 Å². The minimum Gasteiger partial charge on any atom is -0.462 e. The summed E-state index contributed by atoms with van der Waals surface area (Å²) < 4.78 is 33.5. The fraction of sp³-hybridized carbons (Fsp3) is 0.333. The Hall–Kier alpha value is -2.16. The van der Waals surface area contributed by atoms with Crippen molar-refractivity contribution in [3.8, 4) is 11.8 Å². The van der Waals surface area contributed by atoms with E-state index < -0.39 is 12.6 Å². The Balaban J connectivity index is 3.29. The molecule has 0 aromatic heterocycles. The lowest BCUT2D eigenvalue weighted by molar-refractivity contribution is -0.0504. The van der Waals surface area contributed by atoms with Crippen LogP contribution in [0.15, 0.2) is 12.1 Å². The number of nitriles is 1. The lowest BCUT2D eigenvalue weighted by atomic mass is 10.0. The van der Waals surface area contributed by atoms with Gasteiger partial charge in [-0.3, -0.25) is 0 Å². The molecule has 0 N–H and O–H groups in total. The molecule has 6 heteroatoms. The highest BCUT2D eigenvalue weighted by atomic mass is 19.3. The summed E-state index contributed by atoms with van der Waals surface area (Å²) in [6, 6.07) is 4.30. The number of benzene rings is 1. The molecule has 1 aromatic carbocycles.